The van der Waals surface area contributed by atoms with Crippen molar-refractivity contribution in [2.45, 2.75) is 72.6 Å². The van der Waals surface area contributed by atoms with Gasteiger partial charge >= 0.3 is 5.97 Å². The molecule has 0 radical (unpaired) electrons. The Labute approximate surface area is 108 Å². The third-order valence-electron chi connectivity index (χ3n) is 2.40. The van der Waals surface area contributed by atoms with Crippen LogP contribution in [-0.4, -0.2) is 18.1 Å². The molecule has 1 fully saturated rings. The Bertz CT molecular complexity index is 132. The van der Waals surface area contributed by atoms with Crippen molar-refractivity contribution >= 4 is 5.97 Å². The number of carboxylic acid groups (broad SMARTS) is 1. The lowest BCUT2D eigenvalue weighted by molar-refractivity contribution is -0.138. The van der Waals surface area contributed by atoms with Crippen LogP contribution in [0.5, 0.6) is 0 Å². The molecule has 1 rings (SSSR count). The Morgan fingerprint density at radius 2 is 1.59 bits per heavy atom. The number of hydrogen-bond acceptors (Lipinski definition) is 2. The molecule has 0 aromatic heterocycles. The van der Waals surface area contributed by atoms with E-state index in [0.717, 1.165) is 12.8 Å². The van der Waals surface area contributed by atoms with Crippen LogP contribution in [0.3, 0.4) is 0 Å². The molecule has 0 aromatic rings. The molecule has 0 spiro atoms. The third-order valence-corrected chi connectivity index (χ3v) is 2.40. The number of rotatable bonds is 4. The lowest BCUT2D eigenvalue weighted by Crippen LogP contribution is -2.14. The summed E-state index contributed by atoms with van der Waals surface area (Å²) in [7, 11) is 1.50. The largest absolute Gasteiger partial charge is 0.481 e. The number of carbonyl (C=O) groups is 1. The molecule has 1 saturated carbocycles. The monoisotopic (exact) mass is 247 g/mol. The van der Waals surface area contributed by atoms with E-state index in [2.05, 4.69) is 19.6 Å². The van der Waals surface area contributed by atoms with E-state index >= 15 is 0 Å². The van der Waals surface area contributed by atoms with Crippen LogP contribution in [0.25, 0.3) is 0 Å². The number of nitrogens with two attached hydrogens (primary N) is 1. The second-order valence-corrected chi connectivity index (χ2v) is 3.75. The summed E-state index contributed by atoms with van der Waals surface area (Å²) in [5, 5.41) is 8.25. The molecular formula is C14H33NO2. The smallest absolute Gasteiger partial charge is 0.303 e. The Morgan fingerprint density at radius 1 is 1.18 bits per heavy atom. The predicted octanol–water partition coefficient (Wildman–Crippen LogP) is 4.06. The van der Waals surface area contributed by atoms with E-state index in [-0.39, 0.29) is 0 Å². The summed E-state index contributed by atoms with van der Waals surface area (Å²) in [5.41, 5.74) is 4.50. The van der Waals surface area contributed by atoms with Gasteiger partial charge in [-0.3, -0.25) is 4.79 Å². The first-order chi connectivity index (χ1) is 8.20. The van der Waals surface area contributed by atoms with Gasteiger partial charge in [0.05, 0.1) is 0 Å². The number of hydrogen-bond donors (Lipinski definition) is 2. The van der Waals surface area contributed by atoms with Crippen molar-refractivity contribution in [1.29, 1.82) is 0 Å². The molecule has 0 heterocycles. The first kappa shape index (κ1) is 21.7. The van der Waals surface area contributed by atoms with Gasteiger partial charge in [0.2, 0.25) is 0 Å². The molecule has 106 valence electrons. The van der Waals surface area contributed by atoms with E-state index in [1.165, 1.54) is 32.7 Å². The molecule has 0 saturated heterocycles. The maximum absolute atomic E-state index is 10.0. The topological polar surface area (TPSA) is 63.3 Å². The van der Waals surface area contributed by atoms with E-state index in [9.17, 15) is 4.79 Å². The van der Waals surface area contributed by atoms with Crippen molar-refractivity contribution in [3.63, 3.8) is 0 Å². The van der Waals surface area contributed by atoms with Gasteiger partial charge in [0.1, 0.15) is 0 Å². The zero-order chi connectivity index (χ0) is 14.1. The molecule has 0 unspecified atom stereocenters. The van der Waals surface area contributed by atoms with Crippen LogP contribution in [0.4, 0.5) is 0 Å². The third kappa shape index (κ3) is 21.3. The van der Waals surface area contributed by atoms with Crippen LogP contribution in [0.15, 0.2) is 0 Å². The van der Waals surface area contributed by atoms with Crippen molar-refractivity contribution in [3.05, 3.63) is 0 Å². The zero-order valence-electron chi connectivity index (χ0n) is 12.5. The summed E-state index contributed by atoms with van der Waals surface area (Å²) in [6.45, 7) is 8.42. The maximum Gasteiger partial charge on any atom is 0.303 e. The molecule has 3 heteroatoms. The predicted molar refractivity (Wildman–Crippen MR) is 76.3 cm³/mol. The van der Waals surface area contributed by atoms with Crippen molar-refractivity contribution in [2.24, 2.45) is 11.7 Å². The zero-order valence-corrected chi connectivity index (χ0v) is 12.5. The molecule has 0 atom stereocenters. The van der Waals surface area contributed by atoms with E-state index < -0.39 is 5.97 Å². The highest BCUT2D eigenvalue weighted by atomic mass is 16.4. The molecular weight excluding hydrogens is 214 g/mol. The first-order valence-electron chi connectivity index (χ1n) is 7.00. The number of carboxylic acids is 1. The fourth-order valence-electron chi connectivity index (χ4n) is 1.30. The second-order valence-electron chi connectivity index (χ2n) is 3.75. The summed E-state index contributed by atoms with van der Waals surface area (Å²) < 4.78 is 0. The molecule has 0 amide bonds. The summed E-state index contributed by atoms with van der Waals surface area (Å²) in [4.78, 5) is 10.0. The summed E-state index contributed by atoms with van der Waals surface area (Å²) >= 11 is 0. The highest BCUT2D eigenvalue weighted by Crippen LogP contribution is 2.28. The van der Waals surface area contributed by atoms with Crippen LogP contribution in [0.2, 0.25) is 0 Å². The molecule has 3 N–H and O–H groups in total. The lowest BCUT2D eigenvalue weighted by Gasteiger charge is -2.22. The van der Waals surface area contributed by atoms with Crippen molar-refractivity contribution in [3.8, 4) is 0 Å². The van der Waals surface area contributed by atoms with Crippen LogP contribution in [-0.2, 0) is 4.79 Å². The van der Waals surface area contributed by atoms with E-state index in [1.54, 1.807) is 0 Å². The van der Waals surface area contributed by atoms with E-state index in [4.69, 9.17) is 5.11 Å². The molecule has 17 heavy (non-hydrogen) atoms. The van der Waals surface area contributed by atoms with Crippen molar-refractivity contribution in [2.75, 3.05) is 7.05 Å². The minimum atomic E-state index is -0.644. The van der Waals surface area contributed by atoms with Gasteiger partial charge in [0, 0.05) is 6.42 Å². The number of unbranched alkanes of at least 4 members (excludes halogenated alkanes) is 2. The van der Waals surface area contributed by atoms with Crippen molar-refractivity contribution < 1.29 is 9.90 Å². The average molecular weight is 247 g/mol. The highest BCUT2D eigenvalue weighted by molar-refractivity contribution is 5.67. The van der Waals surface area contributed by atoms with Gasteiger partial charge in [0.15, 0.2) is 0 Å². The van der Waals surface area contributed by atoms with Gasteiger partial charge in [-0.25, -0.2) is 0 Å². The van der Waals surface area contributed by atoms with Gasteiger partial charge < -0.3 is 10.8 Å². The summed E-state index contributed by atoms with van der Waals surface area (Å²) in [6, 6.07) is 0. The first-order valence-corrected chi connectivity index (χ1v) is 7.00. The second kappa shape index (κ2) is 20.8. The maximum atomic E-state index is 10.0. The minimum absolute atomic E-state index is 0.389. The molecule has 1 aliphatic rings. The van der Waals surface area contributed by atoms with Crippen LogP contribution < -0.4 is 5.73 Å². The minimum Gasteiger partial charge on any atom is -0.481 e. The fraction of sp³-hybridized carbons (Fsp3) is 0.929. The number of aliphatic carboxylic acids is 1. The molecule has 0 aliphatic heterocycles. The molecule has 0 aromatic carbocycles. The van der Waals surface area contributed by atoms with Gasteiger partial charge in [-0.05, 0) is 25.8 Å². The van der Waals surface area contributed by atoms with Gasteiger partial charge in [0.25, 0.3) is 0 Å². The molecule has 0 bridgehead atoms. The standard InChI is InChI=1S/C6H10O2.C5H12.C2H6.CH5N/c7-6(8)4-5-2-1-3-5;1-3-5-4-2;2*1-2/h5H,1-4H2,(H,7,8);3-5H2,1-2H3;1-2H3;2H2,1H3. The SMILES string of the molecule is CC.CCCCC.CN.O=C(O)CC1CCC1. The van der Waals surface area contributed by atoms with Crippen molar-refractivity contribution in [1.82, 2.24) is 0 Å². The van der Waals surface area contributed by atoms with Gasteiger partial charge in [-0.15, -0.1) is 0 Å². The average Bonchev–Trinajstić information content (AvgIpc) is 2.31. The summed E-state index contributed by atoms with van der Waals surface area (Å²) in [6.07, 6.45) is 7.96. The molecule has 1 aliphatic carbocycles. The van der Waals surface area contributed by atoms with Gasteiger partial charge in [-0.2, -0.15) is 0 Å². The van der Waals surface area contributed by atoms with Gasteiger partial charge in [-0.1, -0.05) is 53.4 Å². The molecule has 3 nitrogen and oxygen atoms in total. The Balaban J connectivity index is -0.000000190. The fourth-order valence-corrected chi connectivity index (χ4v) is 1.30. The van der Waals surface area contributed by atoms with Crippen LogP contribution in [0, 0.1) is 5.92 Å². The van der Waals surface area contributed by atoms with Crippen LogP contribution in [0.1, 0.15) is 72.6 Å². The summed E-state index contributed by atoms with van der Waals surface area (Å²) in [5.74, 6) is -0.137. The Hall–Kier alpha value is -0.570. The normalized spacial score (nSPS) is 12.6. The Morgan fingerprint density at radius 3 is 1.65 bits per heavy atom. The lowest BCUT2D eigenvalue weighted by atomic mass is 9.83. The quantitative estimate of drug-likeness (QED) is 0.787. The highest BCUT2D eigenvalue weighted by Gasteiger charge is 2.19. The van der Waals surface area contributed by atoms with E-state index in [0.29, 0.717) is 12.3 Å². The van der Waals surface area contributed by atoms with Crippen LogP contribution >= 0.6 is 0 Å². The van der Waals surface area contributed by atoms with E-state index in [1.807, 2.05) is 13.8 Å². The Kier molecular flexibility index (Phi) is 26.5.